The van der Waals surface area contributed by atoms with E-state index in [0.717, 1.165) is 5.56 Å². The van der Waals surface area contributed by atoms with Gasteiger partial charge < -0.3 is 5.11 Å². The van der Waals surface area contributed by atoms with Crippen molar-refractivity contribution in [3.63, 3.8) is 0 Å². The summed E-state index contributed by atoms with van der Waals surface area (Å²) in [6.07, 6.45) is -0.133. The summed E-state index contributed by atoms with van der Waals surface area (Å²) in [5.41, 5.74) is 1.96. The lowest BCUT2D eigenvalue weighted by Gasteiger charge is -2.23. The smallest absolute Gasteiger partial charge is 0.307 e. The lowest BCUT2D eigenvalue weighted by molar-refractivity contribution is -0.136. The summed E-state index contributed by atoms with van der Waals surface area (Å²) in [6.45, 7) is 6.10. The van der Waals surface area contributed by atoms with Gasteiger partial charge in [-0.25, -0.2) is 4.39 Å². The lowest BCUT2D eigenvalue weighted by atomic mass is 10.0. The van der Waals surface area contributed by atoms with Crippen LogP contribution in [0, 0.1) is 5.82 Å². The Morgan fingerprint density at radius 1 is 1.10 bits per heavy atom. The summed E-state index contributed by atoms with van der Waals surface area (Å²) in [4.78, 5) is 11.0. The third-order valence-electron chi connectivity index (χ3n) is 3.40. The summed E-state index contributed by atoms with van der Waals surface area (Å²) >= 11 is 0. The average molecular weight is 302 g/mol. The molecule has 110 valence electrons. The van der Waals surface area contributed by atoms with Gasteiger partial charge in [0.1, 0.15) is 5.82 Å². The van der Waals surface area contributed by atoms with E-state index in [2.05, 4.69) is 0 Å². The molecule has 0 unspecified atom stereocenters. The van der Waals surface area contributed by atoms with Crippen LogP contribution in [0.2, 0.25) is 19.6 Å². The van der Waals surface area contributed by atoms with Crippen LogP contribution in [0.4, 0.5) is 4.39 Å². The monoisotopic (exact) mass is 302 g/mol. The van der Waals surface area contributed by atoms with Crippen LogP contribution in [0.3, 0.4) is 0 Å². The Morgan fingerprint density at radius 3 is 2.24 bits per heavy atom. The third kappa shape index (κ3) is 3.39. The van der Waals surface area contributed by atoms with E-state index in [9.17, 15) is 4.79 Å². The predicted octanol–water partition coefficient (Wildman–Crippen LogP) is 3.67. The van der Waals surface area contributed by atoms with E-state index in [0.29, 0.717) is 16.3 Å². The van der Waals surface area contributed by atoms with Crippen LogP contribution in [0.1, 0.15) is 5.56 Å². The van der Waals surface area contributed by atoms with Gasteiger partial charge >= 0.3 is 5.97 Å². The zero-order chi connectivity index (χ0) is 15.6. The summed E-state index contributed by atoms with van der Waals surface area (Å²) in [5.74, 6) is -1.19. The van der Waals surface area contributed by atoms with Crippen molar-refractivity contribution in [3.05, 3.63) is 53.8 Å². The van der Waals surface area contributed by atoms with Crippen LogP contribution in [0.25, 0.3) is 11.1 Å². The third-order valence-corrected chi connectivity index (χ3v) is 5.45. The van der Waals surface area contributed by atoms with Crippen molar-refractivity contribution in [1.29, 1.82) is 0 Å². The topological polar surface area (TPSA) is 37.3 Å². The number of carbonyl (C=O) groups is 1. The van der Waals surface area contributed by atoms with Crippen molar-refractivity contribution in [1.82, 2.24) is 0 Å². The molecule has 0 bridgehead atoms. The fourth-order valence-electron chi connectivity index (χ4n) is 2.58. The molecule has 0 fully saturated rings. The number of carboxylic acids is 1. The molecule has 1 N–H and O–H groups in total. The standard InChI is InChI=1S/C17H19FO2Si/c1-21(2,3)17-13(11-15(19)20)9-10-14(16(17)18)12-7-5-4-6-8-12/h4-10H,11H2,1-3H3,(H,19,20). The summed E-state index contributed by atoms with van der Waals surface area (Å²) in [7, 11) is -1.99. The highest BCUT2D eigenvalue weighted by molar-refractivity contribution is 6.89. The molecule has 0 aromatic heterocycles. The number of carboxylic acid groups (broad SMARTS) is 1. The van der Waals surface area contributed by atoms with Crippen molar-refractivity contribution in [2.75, 3.05) is 0 Å². The molecule has 0 saturated heterocycles. The summed E-state index contributed by atoms with van der Waals surface area (Å²) < 4.78 is 15.0. The van der Waals surface area contributed by atoms with Crippen LogP contribution >= 0.6 is 0 Å². The Kier molecular flexibility index (Phi) is 4.28. The first-order chi connectivity index (χ1) is 9.80. The van der Waals surface area contributed by atoms with E-state index >= 15 is 4.39 Å². The minimum absolute atomic E-state index is 0.133. The first-order valence-corrected chi connectivity index (χ1v) is 10.4. The molecule has 2 aromatic rings. The Labute approximate surface area is 125 Å². The molecule has 0 aliphatic heterocycles. The second-order valence-corrected chi connectivity index (χ2v) is 11.1. The zero-order valence-corrected chi connectivity index (χ0v) is 13.5. The highest BCUT2D eigenvalue weighted by Gasteiger charge is 2.27. The fraction of sp³-hybridized carbons (Fsp3) is 0.235. The molecule has 2 rings (SSSR count). The first-order valence-electron chi connectivity index (χ1n) is 6.90. The second kappa shape index (κ2) is 5.82. The van der Waals surface area contributed by atoms with Crippen molar-refractivity contribution in [3.8, 4) is 11.1 Å². The van der Waals surface area contributed by atoms with Crippen LogP contribution in [-0.4, -0.2) is 19.1 Å². The quantitative estimate of drug-likeness (QED) is 0.875. The van der Waals surface area contributed by atoms with Gasteiger partial charge in [0, 0.05) is 5.56 Å². The molecule has 0 amide bonds. The Bertz CT molecular complexity index is 660. The minimum Gasteiger partial charge on any atom is -0.481 e. The Hall–Kier alpha value is -1.94. The average Bonchev–Trinajstić information content (AvgIpc) is 2.37. The zero-order valence-electron chi connectivity index (χ0n) is 12.5. The number of halogens is 1. The van der Waals surface area contributed by atoms with Crippen molar-refractivity contribution >= 4 is 19.2 Å². The van der Waals surface area contributed by atoms with Crippen LogP contribution in [0.5, 0.6) is 0 Å². The molecule has 0 aliphatic rings. The molecule has 2 aromatic carbocycles. The van der Waals surface area contributed by atoms with Gasteiger partial charge in [0.25, 0.3) is 0 Å². The van der Waals surface area contributed by atoms with E-state index in [4.69, 9.17) is 5.11 Å². The van der Waals surface area contributed by atoms with E-state index < -0.39 is 14.0 Å². The predicted molar refractivity (Wildman–Crippen MR) is 86.2 cm³/mol. The van der Waals surface area contributed by atoms with E-state index in [1.165, 1.54) is 0 Å². The minimum atomic E-state index is -1.99. The molecule has 0 spiro atoms. The highest BCUT2D eigenvalue weighted by atomic mass is 28.3. The molecule has 21 heavy (non-hydrogen) atoms. The molecule has 4 heteroatoms. The highest BCUT2D eigenvalue weighted by Crippen LogP contribution is 2.24. The Balaban J connectivity index is 2.65. The van der Waals surface area contributed by atoms with Crippen molar-refractivity contribution < 1.29 is 14.3 Å². The van der Waals surface area contributed by atoms with Gasteiger partial charge in [-0.15, -0.1) is 0 Å². The van der Waals surface area contributed by atoms with Gasteiger partial charge in [-0.3, -0.25) is 4.79 Å². The number of aliphatic carboxylic acids is 1. The number of rotatable bonds is 4. The van der Waals surface area contributed by atoms with Gasteiger partial charge in [0.2, 0.25) is 0 Å². The van der Waals surface area contributed by atoms with Gasteiger partial charge in [0.05, 0.1) is 14.5 Å². The normalized spacial score (nSPS) is 11.4. The van der Waals surface area contributed by atoms with E-state index in [1.54, 1.807) is 12.1 Å². The van der Waals surface area contributed by atoms with E-state index in [-0.39, 0.29) is 12.2 Å². The number of benzene rings is 2. The maximum Gasteiger partial charge on any atom is 0.307 e. The molecule has 0 aliphatic carbocycles. The van der Waals surface area contributed by atoms with Crippen molar-refractivity contribution in [2.24, 2.45) is 0 Å². The fourth-order valence-corrected chi connectivity index (χ4v) is 4.51. The maximum atomic E-state index is 15.0. The summed E-state index contributed by atoms with van der Waals surface area (Å²) in [6, 6.07) is 12.8. The van der Waals surface area contributed by atoms with Gasteiger partial charge in [-0.2, -0.15) is 0 Å². The molecule has 0 saturated carbocycles. The lowest BCUT2D eigenvalue weighted by Crippen LogP contribution is -2.43. The maximum absolute atomic E-state index is 15.0. The SMILES string of the molecule is C[Si](C)(C)c1c(CC(=O)O)ccc(-c2ccccc2)c1F. The van der Waals surface area contributed by atoms with Crippen molar-refractivity contribution in [2.45, 2.75) is 26.1 Å². The van der Waals surface area contributed by atoms with Gasteiger partial charge in [0.15, 0.2) is 0 Å². The molecule has 0 heterocycles. The molecule has 0 atom stereocenters. The molecular formula is C17H19FO2Si. The van der Waals surface area contributed by atoms with Gasteiger partial charge in [-0.1, -0.05) is 62.1 Å². The molecule has 0 radical (unpaired) electrons. The van der Waals surface area contributed by atoms with E-state index in [1.807, 2.05) is 50.0 Å². The molecular weight excluding hydrogens is 283 g/mol. The van der Waals surface area contributed by atoms with Gasteiger partial charge in [-0.05, 0) is 16.3 Å². The number of hydrogen-bond donors (Lipinski definition) is 1. The Morgan fingerprint density at radius 2 is 1.71 bits per heavy atom. The number of hydrogen-bond acceptors (Lipinski definition) is 1. The van der Waals surface area contributed by atoms with Crippen LogP contribution < -0.4 is 5.19 Å². The second-order valence-electron chi connectivity index (χ2n) is 6.15. The summed E-state index contributed by atoms with van der Waals surface area (Å²) in [5, 5.41) is 9.64. The largest absolute Gasteiger partial charge is 0.481 e. The van der Waals surface area contributed by atoms with Crippen LogP contribution in [0.15, 0.2) is 42.5 Å². The molecule has 2 nitrogen and oxygen atoms in total. The van der Waals surface area contributed by atoms with Crippen LogP contribution in [-0.2, 0) is 11.2 Å². The first kappa shape index (κ1) is 15.4.